The highest BCUT2D eigenvalue weighted by Crippen LogP contribution is 2.36. The Labute approximate surface area is 213 Å². The van der Waals surface area contributed by atoms with Gasteiger partial charge in [-0.25, -0.2) is 9.78 Å². The fourth-order valence-electron chi connectivity index (χ4n) is 4.28. The number of pyridine rings is 1. The molecule has 1 aliphatic heterocycles. The number of para-hydroxylation sites is 1. The largest absolute Gasteiger partial charge is 0.478 e. The number of aromatic nitrogens is 1. The average molecular weight is 516 g/mol. The van der Waals surface area contributed by atoms with Gasteiger partial charge in [-0.05, 0) is 54.6 Å². The Morgan fingerprint density at radius 1 is 1.15 bits per heavy atom. The molecule has 174 valence electrons. The minimum Gasteiger partial charge on any atom is -0.478 e. The number of nitrogens with zero attached hydrogens (tertiary/aromatic N) is 2. The van der Waals surface area contributed by atoms with E-state index in [0.29, 0.717) is 62.4 Å². The number of carbonyl (C=O) groups is 1. The standard InChI is InChI=1S/C26H20Cl2N2O3.ClH/c1-2-30-13-15(11-17-8-10-23(33-17)19-12-16(27)7-9-21(19)28)25-20(14-30)24(26(31)32)18-5-3-4-6-22(18)29-25;/h3-12H,2,13-14H2,1H3,(H,31,32);1H/b15-11+;. The van der Waals surface area contributed by atoms with E-state index in [1.807, 2.05) is 42.5 Å². The number of furan rings is 1. The first kappa shape index (κ1) is 24.3. The Hall–Kier alpha value is -2.83. The predicted octanol–water partition coefficient (Wildman–Crippen LogP) is 7.30. The van der Waals surface area contributed by atoms with Crippen molar-refractivity contribution in [2.75, 3.05) is 13.1 Å². The Kier molecular flexibility index (Phi) is 7.01. The van der Waals surface area contributed by atoms with Gasteiger partial charge >= 0.3 is 5.97 Å². The number of aromatic carboxylic acids is 1. The van der Waals surface area contributed by atoms with Crippen LogP contribution in [0.2, 0.25) is 10.0 Å². The molecule has 5 nitrogen and oxygen atoms in total. The van der Waals surface area contributed by atoms with Crippen molar-refractivity contribution < 1.29 is 14.3 Å². The molecule has 0 saturated heterocycles. The zero-order valence-corrected chi connectivity index (χ0v) is 20.5. The molecule has 0 radical (unpaired) electrons. The van der Waals surface area contributed by atoms with Crippen molar-refractivity contribution in [1.29, 1.82) is 0 Å². The Bertz CT molecular complexity index is 1430. The smallest absolute Gasteiger partial charge is 0.336 e. The zero-order chi connectivity index (χ0) is 23.1. The van der Waals surface area contributed by atoms with E-state index in [-0.39, 0.29) is 12.4 Å². The molecule has 0 amide bonds. The lowest BCUT2D eigenvalue weighted by Crippen LogP contribution is -2.31. The number of hydrogen-bond acceptors (Lipinski definition) is 4. The van der Waals surface area contributed by atoms with Crippen molar-refractivity contribution in [3.8, 4) is 11.3 Å². The third-order valence-corrected chi connectivity index (χ3v) is 6.44. The summed E-state index contributed by atoms with van der Waals surface area (Å²) >= 11 is 12.5. The molecular formula is C26H21Cl3N2O3. The van der Waals surface area contributed by atoms with Gasteiger partial charge < -0.3 is 9.52 Å². The third kappa shape index (κ3) is 4.44. The molecule has 0 spiro atoms. The molecule has 0 bridgehead atoms. The monoisotopic (exact) mass is 514 g/mol. The van der Waals surface area contributed by atoms with E-state index in [1.54, 1.807) is 18.2 Å². The first-order valence-electron chi connectivity index (χ1n) is 10.6. The summed E-state index contributed by atoms with van der Waals surface area (Å²) in [7, 11) is 0. The van der Waals surface area contributed by atoms with E-state index in [9.17, 15) is 9.90 Å². The molecule has 0 unspecified atom stereocenters. The molecule has 5 rings (SSSR count). The van der Waals surface area contributed by atoms with Crippen molar-refractivity contribution in [3.05, 3.63) is 87.2 Å². The Morgan fingerprint density at radius 3 is 2.71 bits per heavy atom. The average Bonchev–Trinajstić information content (AvgIpc) is 3.27. The molecule has 0 atom stereocenters. The van der Waals surface area contributed by atoms with E-state index in [2.05, 4.69) is 11.8 Å². The van der Waals surface area contributed by atoms with Crippen LogP contribution >= 0.6 is 35.6 Å². The van der Waals surface area contributed by atoms with Crippen LogP contribution in [0.3, 0.4) is 0 Å². The van der Waals surface area contributed by atoms with Crippen LogP contribution in [0.25, 0.3) is 33.9 Å². The topological polar surface area (TPSA) is 66.6 Å². The lowest BCUT2D eigenvalue weighted by molar-refractivity contribution is 0.0696. The normalized spacial score (nSPS) is 14.7. The summed E-state index contributed by atoms with van der Waals surface area (Å²) < 4.78 is 6.08. The maximum absolute atomic E-state index is 12.3. The number of halogens is 3. The van der Waals surface area contributed by atoms with Crippen LogP contribution in [0.15, 0.2) is 59.0 Å². The molecule has 2 aromatic carbocycles. The number of fused-ring (bicyclic) bond motifs is 2. The molecular weight excluding hydrogens is 495 g/mol. The lowest BCUT2D eigenvalue weighted by Gasteiger charge is -2.30. The molecule has 0 fully saturated rings. The van der Waals surface area contributed by atoms with Gasteiger partial charge in [0, 0.05) is 34.6 Å². The van der Waals surface area contributed by atoms with Crippen LogP contribution in [0, 0.1) is 0 Å². The van der Waals surface area contributed by atoms with Crippen LogP contribution in [0.1, 0.15) is 34.3 Å². The minimum absolute atomic E-state index is 0. The summed E-state index contributed by atoms with van der Waals surface area (Å²) in [5, 5.41) is 11.8. The molecule has 0 aliphatic carbocycles. The fourth-order valence-corrected chi connectivity index (χ4v) is 4.66. The summed E-state index contributed by atoms with van der Waals surface area (Å²) in [6.07, 6.45) is 1.93. The number of likely N-dealkylation sites (N-methyl/N-ethyl adjacent to an activating group) is 1. The van der Waals surface area contributed by atoms with Crippen molar-refractivity contribution in [2.24, 2.45) is 0 Å². The molecule has 1 aliphatic rings. The van der Waals surface area contributed by atoms with Gasteiger partial charge in [0.15, 0.2) is 0 Å². The molecule has 3 heterocycles. The van der Waals surface area contributed by atoms with Crippen LogP contribution in [0.5, 0.6) is 0 Å². The van der Waals surface area contributed by atoms with Gasteiger partial charge in [-0.1, -0.05) is 48.3 Å². The van der Waals surface area contributed by atoms with E-state index < -0.39 is 5.97 Å². The number of rotatable bonds is 4. The van der Waals surface area contributed by atoms with Crippen LogP contribution in [-0.2, 0) is 6.54 Å². The van der Waals surface area contributed by atoms with Crippen LogP contribution in [-0.4, -0.2) is 34.0 Å². The number of benzene rings is 2. The molecule has 4 aromatic rings. The summed E-state index contributed by atoms with van der Waals surface area (Å²) in [6, 6.07) is 16.3. The summed E-state index contributed by atoms with van der Waals surface area (Å²) in [4.78, 5) is 19.3. The highest BCUT2D eigenvalue weighted by molar-refractivity contribution is 6.35. The number of carboxylic acids is 1. The maximum atomic E-state index is 12.3. The highest BCUT2D eigenvalue weighted by atomic mass is 35.5. The second-order valence-corrected chi connectivity index (χ2v) is 8.78. The second-order valence-electron chi connectivity index (χ2n) is 7.94. The molecule has 34 heavy (non-hydrogen) atoms. The fraction of sp³-hybridized carbons (Fsp3) is 0.154. The third-order valence-electron chi connectivity index (χ3n) is 5.87. The maximum Gasteiger partial charge on any atom is 0.336 e. The van der Waals surface area contributed by atoms with Crippen molar-refractivity contribution in [3.63, 3.8) is 0 Å². The van der Waals surface area contributed by atoms with Gasteiger partial charge in [-0.3, -0.25) is 4.90 Å². The highest BCUT2D eigenvalue weighted by Gasteiger charge is 2.28. The van der Waals surface area contributed by atoms with Gasteiger partial charge in [0.05, 0.1) is 21.8 Å². The Morgan fingerprint density at radius 2 is 1.94 bits per heavy atom. The predicted molar refractivity (Wildman–Crippen MR) is 139 cm³/mol. The number of carboxylic acid groups (broad SMARTS) is 1. The van der Waals surface area contributed by atoms with Gasteiger partial charge in [-0.2, -0.15) is 0 Å². The van der Waals surface area contributed by atoms with Gasteiger partial charge in [-0.15, -0.1) is 12.4 Å². The number of hydrogen-bond donors (Lipinski definition) is 1. The van der Waals surface area contributed by atoms with E-state index in [0.717, 1.165) is 17.7 Å². The van der Waals surface area contributed by atoms with Crippen molar-refractivity contribution in [1.82, 2.24) is 9.88 Å². The first-order valence-corrected chi connectivity index (χ1v) is 11.3. The summed E-state index contributed by atoms with van der Waals surface area (Å²) in [5.41, 5.74) is 4.02. The summed E-state index contributed by atoms with van der Waals surface area (Å²) in [5.74, 6) is 0.292. The van der Waals surface area contributed by atoms with E-state index in [1.165, 1.54) is 0 Å². The minimum atomic E-state index is -0.946. The van der Waals surface area contributed by atoms with E-state index >= 15 is 0 Å². The summed E-state index contributed by atoms with van der Waals surface area (Å²) in [6.45, 7) is 4.01. The SMILES string of the molecule is CCN1C/C(=C\c2ccc(-c3cc(Cl)ccc3Cl)o2)c2nc3ccccc3c(C(=O)O)c2C1.Cl. The van der Waals surface area contributed by atoms with Gasteiger partial charge in [0.2, 0.25) is 0 Å². The van der Waals surface area contributed by atoms with Gasteiger partial charge in [0.1, 0.15) is 11.5 Å². The van der Waals surface area contributed by atoms with Crippen LogP contribution < -0.4 is 0 Å². The lowest BCUT2D eigenvalue weighted by atomic mass is 9.92. The van der Waals surface area contributed by atoms with Gasteiger partial charge in [0.25, 0.3) is 0 Å². The molecule has 1 N–H and O–H groups in total. The first-order chi connectivity index (χ1) is 15.9. The second kappa shape index (κ2) is 9.80. The molecule has 8 heteroatoms. The van der Waals surface area contributed by atoms with Crippen molar-refractivity contribution in [2.45, 2.75) is 13.5 Å². The Balaban J connectivity index is 0.00000274. The molecule has 2 aromatic heterocycles. The van der Waals surface area contributed by atoms with Crippen molar-refractivity contribution >= 4 is 64.1 Å². The molecule has 0 saturated carbocycles. The van der Waals surface area contributed by atoms with E-state index in [4.69, 9.17) is 32.6 Å². The zero-order valence-electron chi connectivity index (χ0n) is 18.2. The quantitative estimate of drug-likeness (QED) is 0.309. The van der Waals surface area contributed by atoms with Crippen LogP contribution in [0.4, 0.5) is 0 Å².